The van der Waals surface area contributed by atoms with Crippen LogP contribution in [0.25, 0.3) is 5.57 Å². The molecule has 1 aliphatic rings. The maximum Gasteiger partial charge on any atom is 0.272 e. The van der Waals surface area contributed by atoms with Crippen LogP contribution in [-0.2, 0) is 9.59 Å². The number of anilines is 1. The molecule has 2 aromatic carbocycles. The second kappa shape index (κ2) is 7.65. The van der Waals surface area contributed by atoms with E-state index in [0.29, 0.717) is 36.8 Å². The van der Waals surface area contributed by atoms with Crippen molar-refractivity contribution in [2.24, 2.45) is 0 Å². The van der Waals surface area contributed by atoms with Crippen LogP contribution in [0.5, 0.6) is 0 Å². The van der Waals surface area contributed by atoms with Crippen molar-refractivity contribution in [1.29, 1.82) is 0 Å². The van der Waals surface area contributed by atoms with Gasteiger partial charge >= 0.3 is 0 Å². The van der Waals surface area contributed by atoms with Crippen LogP contribution in [0.3, 0.4) is 0 Å². The third-order valence-electron chi connectivity index (χ3n) is 3.68. The second-order valence-electron chi connectivity index (χ2n) is 5.92. The van der Waals surface area contributed by atoms with Gasteiger partial charge in [-0.1, -0.05) is 54.7 Å². The molecule has 0 radical (unpaired) electrons. The van der Waals surface area contributed by atoms with E-state index in [9.17, 15) is 9.59 Å². The maximum atomic E-state index is 13.1. The van der Waals surface area contributed by atoms with Crippen LogP contribution in [0.1, 0.15) is 19.4 Å². The largest absolute Gasteiger partial charge is 0.272 e. The molecular formula is C19H14Cl3NO2S. The topological polar surface area (TPSA) is 37.4 Å². The number of carbonyl (C=O) groups is 2. The lowest BCUT2D eigenvalue weighted by Crippen LogP contribution is -2.31. The Morgan fingerprint density at radius 2 is 1.50 bits per heavy atom. The third-order valence-corrected chi connectivity index (χ3v) is 5.57. The van der Waals surface area contributed by atoms with Crippen LogP contribution in [0.4, 0.5) is 5.69 Å². The van der Waals surface area contributed by atoms with Crippen molar-refractivity contribution < 1.29 is 9.59 Å². The monoisotopic (exact) mass is 425 g/mol. The molecule has 134 valence electrons. The number of thioether (sulfide) groups is 1. The number of rotatable bonds is 4. The van der Waals surface area contributed by atoms with Gasteiger partial charge in [0, 0.05) is 20.9 Å². The molecule has 0 N–H and O–H groups in total. The van der Waals surface area contributed by atoms with Crippen LogP contribution in [-0.4, -0.2) is 17.1 Å². The van der Waals surface area contributed by atoms with Crippen molar-refractivity contribution in [2.45, 2.75) is 19.1 Å². The van der Waals surface area contributed by atoms with E-state index in [1.165, 1.54) is 11.8 Å². The quantitative estimate of drug-likeness (QED) is 0.557. The Hall–Kier alpha value is -1.46. The average molecular weight is 427 g/mol. The summed E-state index contributed by atoms with van der Waals surface area (Å²) in [5.41, 5.74) is 1.26. The van der Waals surface area contributed by atoms with Crippen LogP contribution in [0.15, 0.2) is 47.4 Å². The van der Waals surface area contributed by atoms with Crippen LogP contribution in [0, 0.1) is 0 Å². The Kier molecular flexibility index (Phi) is 5.68. The van der Waals surface area contributed by atoms with E-state index in [-0.39, 0.29) is 11.2 Å². The Bertz CT molecular complexity index is 923. The number of hydrogen-bond acceptors (Lipinski definition) is 3. The van der Waals surface area contributed by atoms with E-state index >= 15 is 0 Å². The zero-order valence-electron chi connectivity index (χ0n) is 13.9. The molecule has 0 spiro atoms. The van der Waals surface area contributed by atoms with Gasteiger partial charge in [-0.15, -0.1) is 11.8 Å². The summed E-state index contributed by atoms with van der Waals surface area (Å²) in [4.78, 5) is 27.7. The predicted octanol–water partition coefficient (Wildman–Crippen LogP) is 6.07. The smallest absolute Gasteiger partial charge is 0.268 e. The highest BCUT2D eigenvalue weighted by atomic mass is 35.5. The summed E-state index contributed by atoms with van der Waals surface area (Å²) in [6.07, 6.45) is 0. The molecule has 0 atom stereocenters. The number of halogens is 3. The molecule has 0 saturated heterocycles. The maximum absolute atomic E-state index is 13.1. The summed E-state index contributed by atoms with van der Waals surface area (Å²) in [6, 6.07) is 11.4. The lowest BCUT2D eigenvalue weighted by molar-refractivity contribution is -0.119. The standard InChI is InChI=1S/C19H14Cl3NO2S/c1-10(2)26-17-16(14-8-5-12(21)9-15(14)22)18(24)23(19(17)25)13-6-3-11(20)4-7-13/h3-10H,1-2H3. The molecule has 1 aliphatic heterocycles. The number of nitrogens with zero attached hydrogens (tertiary/aromatic N) is 1. The molecule has 0 aliphatic carbocycles. The van der Waals surface area contributed by atoms with Gasteiger partial charge in [0.2, 0.25) is 0 Å². The molecule has 26 heavy (non-hydrogen) atoms. The summed E-state index contributed by atoms with van der Waals surface area (Å²) in [7, 11) is 0. The number of imide groups is 1. The van der Waals surface area contributed by atoms with Gasteiger partial charge in [-0.25, -0.2) is 4.90 Å². The minimum absolute atomic E-state index is 0.119. The first-order chi connectivity index (χ1) is 12.3. The lowest BCUT2D eigenvalue weighted by atomic mass is 10.1. The van der Waals surface area contributed by atoms with Crippen LogP contribution in [0.2, 0.25) is 15.1 Å². The van der Waals surface area contributed by atoms with E-state index < -0.39 is 5.91 Å². The summed E-state index contributed by atoms with van der Waals surface area (Å²) in [5, 5.41) is 1.43. The fraction of sp³-hybridized carbons (Fsp3) is 0.158. The molecule has 0 saturated carbocycles. The van der Waals surface area contributed by atoms with Crippen molar-refractivity contribution in [3.05, 3.63) is 68.0 Å². The van der Waals surface area contributed by atoms with E-state index in [1.54, 1.807) is 42.5 Å². The number of carbonyl (C=O) groups excluding carboxylic acids is 2. The third kappa shape index (κ3) is 3.65. The summed E-state index contributed by atoms with van der Waals surface area (Å²) in [6.45, 7) is 3.92. The van der Waals surface area contributed by atoms with Crippen molar-refractivity contribution in [1.82, 2.24) is 0 Å². The fourth-order valence-electron chi connectivity index (χ4n) is 2.61. The molecule has 3 rings (SSSR count). The SMILES string of the molecule is CC(C)SC1=C(c2ccc(Cl)cc2Cl)C(=O)N(c2ccc(Cl)cc2)C1=O. The zero-order chi connectivity index (χ0) is 19.0. The van der Waals surface area contributed by atoms with Crippen molar-refractivity contribution >= 4 is 69.6 Å². The van der Waals surface area contributed by atoms with Gasteiger partial charge in [-0.3, -0.25) is 9.59 Å². The molecule has 0 bridgehead atoms. The fourth-order valence-corrected chi connectivity index (χ4v) is 4.22. The van der Waals surface area contributed by atoms with Crippen molar-refractivity contribution in [3.63, 3.8) is 0 Å². The highest BCUT2D eigenvalue weighted by Crippen LogP contribution is 2.42. The average Bonchev–Trinajstić information content (AvgIpc) is 2.79. The van der Waals surface area contributed by atoms with Crippen molar-refractivity contribution in [2.75, 3.05) is 4.90 Å². The summed E-state index contributed by atoms with van der Waals surface area (Å²) < 4.78 is 0. The van der Waals surface area contributed by atoms with E-state index in [1.807, 2.05) is 13.8 Å². The Morgan fingerprint density at radius 3 is 2.08 bits per heavy atom. The lowest BCUT2D eigenvalue weighted by Gasteiger charge is -2.15. The number of benzene rings is 2. The molecule has 1 heterocycles. The molecule has 2 amide bonds. The second-order valence-corrected chi connectivity index (χ2v) is 8.78. The Labute approximate surface area is 170 Å². The predicted molar refractivity (Wildman–Crippen MR) is 110 cm³/mol. The highest BCUT2D eigenvalue weighted by molar-refractivity contribution is 8.04. The van der Waals surface area contributed by atoms with Crippen molar-refractivity contribution in [3.8, 4) is 0 Å². The van der Waals surface area contributed by atoms with Gasteiger partial charge in [0.05, 0.1) is 21.2 Å². The first-order valence-corrected chi connectivity index (χ1v) is 9.81. The normalized spacial score (nSPS) is 14.8. The minimum atomic E-state index is -0.412. The van der Waals surface area contributed by atoms with Gasteiger partial charge in [0.25, 0.3) is 11.8 Å². The molecule has 0 fully saturated rings. The number of hydrogen-bond donors (Lipinski definition) is 0. The summed E-state index contributed by atoms with van der Waals surface area (Å²) in [5.74, 6) is -0.776. The summed E-state index contributed by atoms with van der Waals surface area (Å²) >= 11 is 19.5. The van der Waals surface area contributed by atoms with E-state index in [2.05, 4.69) is 0 Å². The first kappa shape index (κ1) is 19.3. The van der Waals surface area contributed by atoms with Gasteiger partial charge in [0.15, 0.2) is 0 Å². The minimum Gasteiger partial charge on any atom is -0.268 e. The Morgan fingerprint density at radius 1 is 0.885 bits per heavy atom. The molecule has 7 heteroatoms. The first-order valence-electron chi connectivity index (χ1n) is 7.80. The molecular weight excluding hydrogens is 413 g/mol. The van der Waals surface area contributed by atoms with E-state index in [4.69, 9.17) is 34.8 Å². The van der Waals surface area contributed by atoms with E-state index in [0.717, 1.165) is 4.90 Å². The van der Waals surface area contributed by atoms with Gasteiger partial charge in [-0.2, -0.15) is 0 Å². The van der Waals surface area contributed by atoms with Gasteiger partial charge in [-0.05, 0) is 36.4 Å². The molecule has 0 aromatic heterocycles. The van der Waals surface area contributed by atoms with Gasteiger partial charge < -0.3 is 0 Å². The Balaban J connectivity index is 2.14. The zero-order valence-corrected chi connectivity index (χ0v) is 17.0. The highest BCUT2D eigenvalue weighted by Gasteiger charge is 2.41. The molecule has 3 nitrogen and oxygen atoms in total. The molecule has 0 unspecified atom stereocenters. The van der Waals surface area contributed by atoms with Crippen LogP contribution >= 0.6 is 46.6 Å². The molecule has 2 aromatic rings. The van der Waals surface area contributed by atoms with Crippen LogP contribution < -0.4 is 4.90 Å². The van der Waals surface area contributed by atoms with Gasteiger partial charge in [0.1, 0.15) is 0 Å². The number of amides is 2.